The highest BCUT2D eigenvalue weighted by Crippen LogP contribution is 2.21. The first kappa shape index (κ1) is 22.5. The lowest BCUT2D eigenvalue weighted by Gasteiger charge is -2.21. The molecule has 31 heavy (non-hydrogen) atoms. The van der Waals surface area contributed by atoms with Crippen LogP contribution in [0, 0.1) is 0 Å². The maximum Gasteiger partial charge on any atom is 0.253 e. The maximum absolute atomic E-state index is 13.1. The third-order valence-corrected chi connectivity index (χ3v) is 7.06. The number of amides is 3. The van der Waals surface area contributed by atoms with E-state index in [1.807, 2.05) is 24.3 Å². The van der Waals surface area contributed by atoms with Crippen LogP contribution >= 0.6 is 0 Å². The molecule has 0 spiro atoms. The number of rotatable bonds is 7. The van der Waals surface area contributed by atoms with Gasteiger partial charge < -0.3 is 15.4 Å². The summed E-state index contributed by atoms with van der Waals surface area (Å²) >= 11 is 0. The predicted molar refractivity (Wildman–Crippen MR) is 120 cm³/mol. The molecule has 1 aliphatic heterocycles. The van der Waals surface area contributed by atoms with E-state index in [-0.39, 0.29) is 12.3 Å². The van der Waals surface area contributed by atoms with Gasteiger partial charge >= 0.3 is 0 Å². The Kier molecular flexibility index (Phi) is 6.76. The Balaban J connectivity index is 1.79. The predicted octanol–water partition coefficient (Wildman–Crippen LogP) is 1.86. The first-order valence-corrected chi connectivity index (χ1v) is 13.5. The lowest BCUT2D eigenvalue weighted by Crippen LogP contribution is -2.42. The molecule has 3 amide bonds. The van der Waals surface area contributed by atoms with Crippen LogP contribution in [0.15, 0.2) is 48.5 Å². The van der Waals surface area contributed by atoms with Crippen molar-refractivity contribution in [2.24, 2.45) is 0 Å². The van der Waals surface area contributed by atoms with Crippen molar-refractivity contribution in [3.05, 3.63) is 54.1 Å². The van der Waals surface area contributed by atoms with Gasteiger partial charge in [-0.1, -0.05) is 49.1 Å². The molecule has 0 aliphatic carbocycles. The van der Waals surface area contributed by atoms with Gasteiger partial charge in [0, 0.05) is 5.69 Å². The SMILES string of the molecule is COc1ccc(C(NC(=O)C2CC(=O)NO2)C(=O)Nc2ccc([Si](C)(C)C)cc2)cc1. The Morgan fingerprint density at radius 1 is 1.10 bits per heavy atom. The first-order valence-electron chi connectivity index (χ1n) is 9.97. The normalized spacial score (nSPS) is 16.9. The number of methoxy groups -OCH3 is 1. The van der Waals surface area contributed by atoms with E-state index in [4.69, 9.17) is 9.57 Å². The number of anilines is 1. The van der Waals surface area contributed by atoms with Gasteiger partial charge in [-0.3, -0.25) is 19.2 Å². The molecule has 8 nitrogen and oxygen atoms in total. The second-order valence-electron chi connectivity index (χ2n) is 8.37. The molecule has 0 aromatic heterocycles. The molecule has 0 radical (unpaired) electrons. The third kappa shape index (κ3) is 5.71. The van der Waals surface area contributed by atoms with Crippen LogP contribution in [0.2, 0.25) is 19.6 Å². The molecule has 3 N–H and O–H groups in total. The average Bonchev–Trinajstić information content (AvgIpc) is 3.18. The fraction of sp³-hybridized carbons (Fsp3) is 0.318. The molecule has 164 valence electrons. The second kappa shape index (κ2) is 9.32. The fourth-order valence-corrected chi connectivity index (χ4v) is 4.30. The summed E-state index contributed by atoms with van der Waals surface area (Å²) in [7, 11) is 0.0969. The van der Waals surface area contributed by atoms with Crippen LogP contribution in [-0.2, 0) is 19.2 Å². The van der Waals surface area contributed by atoms with E-state index in [1.54, 1.807) is 31.4 Å². The molecular weight excluding hydrogens is 414 g/mol. The van der Waals surface area contributed by atoms with Gasteiger partial charge in [0.15, 0.2) is 6.10 Å². The zero-order valence-corrected chi connectivity index (χ0v) is 19.0. The van der Waals surface area contributed by atoms with Crippen LogP contribution in [-0.4, -0.2) is 39.0 Å². The van der Waals surface area contributed by atoms with Crippen LogP contribution in [0.25, 0.3) is 0 Å². The quantitative estimate of drug-likeness (QED) is 0.569. The number of carbonyl (C=O) groups is 3. The summed E-state index contributed by atoms with van der Waals surface area (Å²) in [6, 6.07) is 13.6. The molecule has 1 aliphatic rings. The number of nitrogens with one attached hydrogen (secondary N) is 3. The monoisotopic (exact) mass is 441 g/mol. The molecule has 2 atom stereocenters. The molecule has 2 aromatic carbocycles. The molecule has 0 saturated carbocycles. The largest absolute Gasteiger partial charge is 0.497 e. The van der Waals surface area contributed by atoms with Crippen LogP contribution in [0.1, 0.15) is 18.0 Å². The van der Waals surface area contributed by atoms with Crippen LogP contribution in [0.5, 0.6) is 5.75 Å². The summed E-state index contributed by atoms with van der Waals surface area (Å²) in [4.78, 5) is 42.0. The van der Waals surface area contributed by atoms with Crippen LogP contribution in [0.4, 0.5) is 5.69 Å². The van der Waals surface area contributed by atoms with Crippen molar-refractivity contribution in [3.63, 3.8) is 0 Å². The Hall–Kier alpha value is -3.17. The average molecular weight is 442 g/mol. The van der Waals surface area contributed by atoms with Crippen LogP contribution in [0.3, 0.4) is 0 Å². The lowest BCUT2D eigenvalue weighted by atomic mass is 10.0. The Labute approximate surface area is 182 Å². The minimum Gasteiger partial charge on any atom is -0.497 e. The Morgan fingerprint density at radius 3 is 2.26 bits per heavy atom. The van der Waals surface area contributed by atoms with Crippen molar-refractivity contribution in [3.8, 4) is 5.75 Å². The topological polar surface area (TPSA) is 106 Å². The number of ether oxygens (including phenoxy) is 1. The van der Waals surface area contributed by atoms with E-state index in [2.05, 4.69) is 35.8 Å². The summed E-state index contributed by atoms with van der Waals surface area (Å²) in [6.07, 6.45) is -1.09. The van der Waals surface area contributed by atoms with Crippen molar-refractivity contribution in [1.29, 1.82) is 0 Å². The second-order valence-corrected chi connectivity index (χ2v) is 13.4. The van der Waals surface area contributed by atoms with E-state index >= 15 is 0 Å². The van der Waals surface area contributed by atoms with E-state index in [9.17, 15) is 14.4 Å². The van der Waals surface area contributed by atoms with Gasteiger partial charge in [-0.05, 0) is 29.8 Å². The molecular formula is C22H27N3O5Si. The van der Waals surface area contributed by atoms with Crippen molar-refractivity contribution < 1.29 is 24.0 Å². The third-order valence-electron chi connectivity index (χ3n) is 4.99. The molecule has 1 fully saturated rings. The van der Waals surface area contributed by atoms with Gasteiger partial charge in [0.05, 0.1) is 21.6 Å². The van der Waals surface area contributed by atoms with Gasteiger partial charge in [0.2, 0.25) is 5.91 Å². The van der Waals surface area contributed by atoms with E-state index in [0.717, 1.165) is 0 Å². The van der Waals surface area contributed by atoms with Gasteiger partial charge in [-0.25, -0.2) is 5.48 Å². The van der Waals surface area contributed by atoms with Crippen molar-refractivity contribution in [2.75, 3.05) is 12.4 Å². The van der Waals surface area contributed by atoms with Gasteiger partial charge in [0.25, 0.3) is 11.8 Å². The number of hydroxylamine groups is 1. The molecule has 2 aromatic rings. The minimum absolute atomic E-state index is 0.0963. The zero-order valence-electron chi connectivity index (χ0n) is 18.0. The summed E-state index contributed by atoms with van der Waals surface area (Å²) in [6.45, 7) is 6.75. The molecule has 1 heterocycles. The summed E-state index contributed by atoms with van der Waals surface area (Å²) in [5.41, 5.74) is 3.36. The Morgan fingerprint density at radius 2 is 1.74 bits per heavy atom. The minimum atomic E-state index is -1.45. The van der Waals surface area contributed by atoms with Crippen molar-refractivity contribution >= 4 is 36.7 Å². The fourth-order valence-electron chi connectivity index (χ4n) is 3.13. The molecule has 9 heteroatoms. The standard InChI is InChI=1S/C22H27N3O5Si/c1-29-16-9-5-14(6-10-16)20(24-21(27)18-13-19(26)25-30-18)22(28)23-15-7-11-17(12-8-15)31(2,3)4/h5-12,18,20H,13H2,1-4H3,(H,23,28)(H,24,27)(H,25,26). The van der Waals surface area contributed by atoms with Crippen LogP contribution < -0.4 is 26.0 Å². The van der Waals surface area contributed by atoms with E-state index < -0.39 is 32.0 Å². The highest BCUT2D eigenvalue weighted by Gasteiger charge is 2.33. The lowest BCUT2D eigenvalue weighted by molar-refractivity contribution is -0.136. The Bertz CT molecular complexity index is 955. The van der Waals surface area contributed by atoms with Gasteiger partial charge in [-0.15, -0.1) is 0 Å². The number of hydrogen-bond acceptors (Lipinski definition) is 5. The van der Waals surface area contributed by atoms with Gasteiger partial charge in [-0.2, -0.15) is 0 Å². The highest BCUT2D eigenvalue weighted by atomic mass is 28.3. The summed E-state index contributed by atoms with van der Waals surface area (Å²) in [5.74, 6) is -0.710. The number of carbonyl (C=O) groups excluding carboxylic acids is 3. The maximum atomic E-state index is 13.1. The summed E-state index contributed by atoms with van der Waals surface area (Å²) in [5, 5.41) is 6.83. The molecule has 2 unspecified atom stereocenters. The highest BCUT2D eigenvalue weighted by molar-refractivity contribution is 6.88. The molecule has 1 saturated heterocycles. The number of hydrogen-bond donors (Lipinski definition) is 3. The zero-order chi connectivity index (χ0) is 22.6. The summed E-state index contributed by atoms with van der Waals surface area (Å²) < 4.78 is 5.17. The van der Waals surface area contributed by atoms with Crippen molar-refractivity contribution in [2.45, 2.75) is 38.2 Å². The van der Waals surface area contributed by atoms with Gasteiger partial charge in [0.1, 0.15) is 11.8 Å². The first-order chi connectivity index (χ1) is 14.7. The smallest absolute Gasteiger partial charge is 0.253 e. The van der Waals surface area contributed by atoms with E-state index in [1.165, 1.54) is 5.19 Å². The number of benzene rings is 2. The molecule has 0 bridgehead atoms. The van der Waals surface area contributed by atoms with Crippen molar-refractivity contribution in [1.82, 2.24) is 10.8 Å². The molecule has 3 rings (SSSR count). The van der Waals surface area contributed by atoms with E-state index in [0.29, 0.717) is 17.0 Å².